The van der Waals surface area contributed by atoms with Crippen LogP contribution in [-0.4, -0.2) is 21.6 Å². The topological polar surface area (TPSA) is 42.8 Å². The minimum absolute atomic E-state index is 0.595. The number of imidazole rings is 1. The molecule has 1 N–H and O–H groups in total. The van der Waals surface area contributed by atoms with Crippen molar-refractivity contribution in [3.05, 3.63) is 28.6 Å². The molecule has 0 radical (unpaired) electrons. The Bertz CT molecular complexity index is 620. The van der Waals surface area contributed by atoms with Gasteiger partial charge in [0.1, 0.15) is 0 Å². The van der Waals surface area contributed by atoms with E-state index < -0.39 is 0 Å². The van der Waals surface area contributed by atoms with Gasteiger partial charge in [0.15, 0.2) is 10.4 Å². The van der Waals surface area contributed by atoms with E-state index in [-0.39, 0.29) is 0 Å². The van der Waals surface area contributed by atoms with Crippen molar-refractivity contribution in [2.24, 2.45) is 0 Å². The number of aromatic nitrogens is 3. The molecule has 90 valence electrons. The van der Waals surface area contributed by atoms with E-state index in [1.807, 2.05) is 16.7 Å². The third-order valence-electron chi connectivity index (χ3n) is 2.48. The van der Waals surface area contributed by atoms with Crippen molar-refractivity contribution in [1.82, 2.24) is 14.5 Å². The number of nitrogens with one attached hydrogen (secondary N) is 1. The Hall–Kier alpha value is -1.62. The highest BCUT2D eigenvalue weighted by Gasteiger charge is 2.06. The molecule has 0 amide bonds. The Morgan fingerprint density at radius 1 is 1.53 bits per heavy atom. The SMILES string of the molecule is COc1ccc2[nH]c(=S)n(CC=C(C)C)c2n1. The summed E-state index contributed by atoms with van der Waals surface area (Å²) in [6.07, 6.45) is 2.12. The van der Waals surface area contributed by atoms with Crippen LogP contribution in [0.2, 0.25) is 0 Å². The molecule has 0 aliphatic heterocycles. The molecule has 2 aromatic heterocycles. The van der Waals surface area contributed by atoms with Gasteiger partial charge in [0.2, 0.25) is 5.88 Å². The summed E-state index contributed by atoms with van der Waals surface area (Å²) in [5, 5.41) is 0. The largest absolute Gasteiger partial charge is 0.481 e. The highest BCUT2D eigenvalue weighted by Crippen LogP contribution is 2.16. The van der Waals surface area contributed by atoms with Gasteiger partial charge in [0.25, 0.3) is 0 Å². The molecule has 4 nitrogen and oxygen atoms in total. The van der Waals surface area contributed by atoms with Gasteiger partial charge in [-0.1, -0.05) is 11.6 Å². The van der Waals surface area contributed by atoms with E-state index in [4.69, 9.17) is 17.0 Å². The van der Waals surface area contributed by atoms with Crippen LogP contribution in [0.25, 0.3) is 11.2 Å². The van der Waals surface area contributed by atoms with E-state index in [1.54, 1.807) is 7.11 Å². The normalized spacial score (nSPS) is 10.5. The van der Waals surface area contributed by atoms with E-state index >= 15 is 0 Å². The number of nitrogens with zero attached hydrogens (tertiary/aromatic N) is 2. The van der Waals surface area contributed by atoms with E-state index in [0.717, 1.165) is 17.7 Å². The molecule has 2 heterocycles. The van der Waals surface area contributed by atoms with Gasteiger partial charge in [0.05, 0.1) is 12.6 Å². The maximum atomic E-state index is 5.28. The van der Waals surface area contributed by atoms with Crippen LogP contribution < -0.4 is 4.74 Å². The minimum atomic E-state index is 0.595. The second-order valence-electron chi connectivity index (χ2n) is 4.05. The molecule has 2 rings (SSSR count). The molecule has 0 spiro atoms. The van der Waals surface area contributed by atoms with Crippen LogP contribution >= 0.6 is 12.2 Å². The smallest absolute Gasteiger partial charge is 0.215 e. The number of aromatic amines is 1. The van der Waals surface area contributed by atoms with Gasteiger partial charge in [0, 0.05) is 12.6 Å². The second-order valence-corrected chi connectivity index (χ2v) is 4.43. The first-order chi connectivity index (χ1) is 8.11. The van der Waals surface area contributed by atoms with Crippen molar-refractivity contribution >= 4 is 23.4 Å². The molecule has 0 atom stereocenters. The van der Waals surface area contributed by atoms with Gasteiger partial charge >= 0.3 is 0 Å². The van der Waals surface area contributed by atoms with Crippen LogP contribution in [0.1, 0.15) is 13.8 Å². The van der Waals surface area contributed by atoms with E-state index in [2.05, 4.69) is 29.9 Å². The number of hydrogen-bond acceptors (Lipinski definition) is 3. The summed E-state index contributed by atoms with van der Waals surface area (Å²) in [5.74, 6) is 0.595. The van der Waals surface area contributed by atoms with Crippen LogP contribution in [0.3, 0.4) is 0 Å². The molecule has 0 saturated carbocycles. The van der Waals surface area contributed by atoms with Gasteiger partial charge in [-0.2, -0.15) is 4.98 Å². The fourth-order valence-corrected chi connectivity index (χ4v) is 1.84. The van der Waals surface area contributed by atoms with Gasteiger partial charge < -0.3 is 9.72 Å². The Morgan fingerprint density at radius 2 is 2.29 bits per heavy atom. The maximum Gasteiger partial charge on any atom is 0.215 e. The van der Waals surface area contributed by atoms with Gasteiger partial charge in [-0.05, 0) is 32.1 Å². The molecule has 0 aliphatic carbocycles. The number of H-pyrrole nitrogens is 1. The number of rotatable bonds is 3. The molecule has 0 unspecified atom stereocenters. The molecule has 0 saturated heterocycles. The Balaban J connectivity index is 2.56. The van der Waals surface area contributed by atoms with Crippen molar-refractivity contribution in [2.75, 3.05) is 7.11 Å². The molecule has 0 bridgehead atoms. The molecule has 0 fully saturated rings. The summed E-state index contributed by atoms with van der Waals surface area (Å²) >= 11 is 5.28. The third kappa shape index (κ3) is 2.39. The van der Waals surface area contributed by atoms with Crippen molar-refractivity contribution < 1.29 is 4.74 Å². The monoisotopic (exact) mass is 249 g/mol. The first-order valence-corrected chi connectivity index (χ1v) is 5.79. The lowest BCUT2D eigenvalue weighted by molar-refractivity contribution is 0.399. The lowest BCUT2D eigenvalue weighted by atomic mass is 10.3. The van der Waals surface area contributed by atoms with Gasteiger partial charge in [-0.3, -0.25) is 4.57 Å². The zero-order valence-corrected chi connectivity index (χ0v) is 11.0. The number of fused-ring (bicyclic) bond motifs is 1. The summed E-state index contributed by atoms with van der Waals surface area (Å²) in [6.45, 7) is 4.85. The molecule has 0 aliphatic rings. The summed E-state index contributed by atoms with van der Waals surface area (Å²) in [6, 6.07) is 3.74. The number of allylic oxidation sites excluding steroid dienone is 2. The first-order valence-electron chi connectivity index (χ1n) is 5.38. The molecular formula is C12H15N3OS. The quantitative estimate of drug-likeness (QED) is 0.671. The predicted octanol–water partition coefficient (Wildman–Crippen LogP) is 3.07. The lowest BCUT2D eigenvalue weighted by Gasteiger charge is -2.02. The Labute approximate surface area is 105 Å². The number of pyridine rings is 1. The summed E-state index contributed by atoms with van der Waals surface area (Å²) in [4.78, 5) is 7.54. The van der Waals surface area contributed by atoms with Crippen molar-refractivity contribution in [3.63, 3.8) is 0 Å². The van der Waals surface area contributed by atoms with Gasteiger partial charge in [-0.25, -0.2) is 0 Å². The molecule has 0 aromatic carbocycles. The van der Waals surface area contributed by atoms with Crippen LogP contribution in [0.5, 0.6) is 5.88 Å². The second kappa shape index (κ2) is 4.71. The Morgan fingerprint density at radius 3 is 2.94 bits per heavy atom. The van der Waals surface area contributed by atoms with Crippen molar-refractivity contribution in [1.29, 1.82) is 0 Å². The average Bonchev–Trinajstić information content (AvgIpc) is 2.61. The molecule has 2 aromatic rings. The first kappa shape index (κ1) is 11.9. The molecule has 17 heavy (non-hydrogen) atoms. The van der Waals surface area contributed by atoms with Crippen LogP contribution in [0, 0.1) is 4.77 Å². The zero-order valence-electron chi connectivity index (χ0n) is 10.2. The van der Waals surface area contributed by atoms with E-state index in [9.17, 15) is 0 Å². The summed E-state index contributed by atoms with van der Waals surface area (Å²) in [7, 11) is 1.61. The van der Waals surface area contributed by atoms with Crippen LogP contribution in [-0.2, 0) is 6.54 Å². The van der Waals surface area contributed by atoms with E-state index in [0.29, 0.717) is 10.7 Å². The fraction of sp³-hybridized carbons (Fsp3) is 0.333. The molecule has 5 heteroatoms. The Kier molecular flexibility index (Phi) is 3.28. The summed E-state index contributed by atoms with van der Waals surface area (Å²) in [5.41, 5.74) is 3.01. The minimum Gasteiger partial charge on any atom is -0.481 e. The highest BCUT2D eigenvalue weighted by molar-refractivity contribution is 7.71. The average molecular weight is 249 g/mol. The number of hydrogen-bond donors (Lipinski definition) is 1. The van der Waals surface area contributed by atoms with Crippen molar-refractivity contribution in [2.45, 2.75) is 20.4 Å². The lowest BCUT2D eigenvalue weighted by Crippen LogP contribution is -1.98. The standard InChI is InChI=1S/C12H15N3OS/c1-8(2)6-7-15-11-9(13-12(15)17)4-5-10(14-11)16-3/h4-6H,7H2,1-3H3,(H,13,17). The van der Waals surface area contributed by atoms with E-state index in [1.165, 1.54) is 5.57 Å². The number of methoxy groups -OCH3 is 1. The zero-order chi connectivity index (χ0) is 12.4. The third-order valence-corrected chi connectivity index (χ3v) is 2.81. The van der Waals surface area contributed by atoms with Crippen LogP contribution in [0.15, 0.2) is 23.8 Å². The molecular weight excluding hydrogens is 234 g/mol. The van der Waals surface area contributed by atoms with Gasteiger partial charge in [-0.15, -0.1) is 0 Å². The summed E-state index contributed by atoms with van der Waals surface area (Å²) < 4.78 is 7.76. The number of ether oxygens (including phenoxy) is 1. The predicted molar refractivity (Wildman–Crippen MR) is 70.9 cm³/mol. The highest BCUT2D eigenvalue weighted by atomic mass is 32.1. The maximum absolute atomic E-state index is 5.28. The fourth-order valence-electron chi connectivity index (χ4n) is 1.57. The van der Waals surface area contributed by atoms with Crippen LogP contribution in [0.4, 0.5) is 0 Å². The van der Waals surface area contributed by atoms with Crippen molar-refractivity contribution in [3.8, 4) is 5.88 Å².